The number of hydrogen-bond donors (Lipinski definition) is 2. The summed E-state index contributed by atoms with van der Waals surface area (Å²) in [6, 6.07) is 6.59. The van der Waals surface area contributed by atoms with Crippen molar-refractivity contribution in [2.24, 2.45) is 0 Å². The molecule has 1 aromatic carbocycles. The zero-order chi connectivity index (χ0) is 15.5. The highest BCUT2D eigenvalue weighted by atomic mass is 16.3. The molecule has 1 fully saturated rings. The van der Waals surface area contributed by atoms with Gasteiger partial charge in [0, 0.05) is 13.1 Å². The van der Waals surface area contributed by atoms with Crippen LogP contribution in [0.4, 0.5) is 0 Å². The molecule has 0 aliphatic carbocycles. The van der Waals surface area contributed by atoms with Gasteiger partial charge in [-0.15, -0.1) is 0 Å². The Morgan fingerprint density at radius 2 is 2.05 bits per heavy atom. The highest BCUT2D eigenvalue weighted by Gasteiger charge is 2.43. The first-order valence-corrected chi connectivity index (χ1v) is 7.34. The van der Waals surface area contributed by atoms with E-state index in [1.165, 1.54) is 0 Å². The number of rotatable bonds is 4. The van der Waals surface area contributed by atoms with Gasteiger partial charge in [-0.2, -0.15) is 0 Å². The first-order valence-electron chi connectivity index (χ1n) is 7.34. The van der Waals surface area contributed by atoms with Gasteiger partial charge < -0.3 is 15.3 Å². The van der Waals surface area contributed by atoms with E-state index in [1.807, 2.05) is 13.8 Å². The molecule has 5 heteroatoms. The van der Waals surface area contributed by atoms with Gasteiger partial charge in [-0.25, -0.2) is 0 Å². The molecule has 0 aromatic heterocycles. The number of benzene rings is 1. The zero-order valence-electron chi connectivity index (χ0n) is 12.6. The summed E-state index contributed by atoms with van der Waals surface area (Å²) in [5.41, 5.74) is 0.0729. The zero-order valence-corrected chi connectivity index (χ0v) is 12.6. The average molecular weight is 290 g/mol. The normalized spacial score (nSPS) is 22.0. The molecule has 0 radical (unpaired) electrons. The van der Waals surface area contributed by atoms with Crippen molar-refractivity contribution in [2.45, 2.75) is 38.6 Å². The average Bonchev–Trinajstić information content (AvgIpc) is 2.44. The Hall–Kier alpha value is -2.04. The van der Waals surface area contributed by atoms with E-state index in [2.05, 4.69) is 5.32 Å². The summed E-state index contributed by atoms with van der Waals surface area (Å²) >= 11 is 0. The second kappa shape index (κ2) is 6.16. The molecular weight excluding hydrogens is 268 g/mol. The maximum absolute atomic E-state index is 12.6. The highest BCUT2D eigenvalue weighted by molar-refractivity contribution is 5.92. The van der Waals surface area contributed by atoms with Crippen molar-refractivity contribution in [2.75, 3.05) is 13.1 Å². The lowest BCUT2D eigenvalue weighted by Gasteiger charge is -2.43. The van der Waals surface area contributed by atoms with Gasteiger partial charge in [0.1, 0.15) is 11.3 Å². The Morgan fingerprint density at radius 1 is 1.38 bits per heavy atom. The Morgan fingerprint density at radius 3 is 2.67 bits per heavy atom. The van der Waals surface area contributed by atoms with Gasteiger partial charge in [-0.05, 0) is 31.0 Å². The van der Waals surface area contributed by atoms with Crippen LogP contribution in [0, 0.1) is 0 Å². The number of nitrogens with zero attached hydrogens (tertiary/aromatic N) is 1. The van der Waals surface area contributed by atoms with E-state index < -0.39 is 5.54 Å². The Labute approximate surface area is 125 Å². The first kappa shape index (κ1) is 15.4. The van der Waals surface area contributed by atoms with Gasteiger partial charge in [0.25, 0.3) is 0 Å². The van der Waals surface area contributed by atoms with Crippen LogP contribution < -0.4 is 5.32 Å². The largest absolute Gasteiger partial charge is 0.508 e. The number of carbonyl (C=O) groups excluding carboxylic acids is 2. The van der Waals surface area contributed by atoms with Gasteiger partial charge in [0.15, 0.2) is 0 Å². The molecule has 1 heterocycles. The molecule has 0 unspecified atom stereocenters. The lowest BCUT2D eigenvalue weighted by molar-refractivity contribution is -0.150. The molecule has 2 amide bonds. The first-order chi connectivity index (χ1) is 9.97. The van der Waals surface area contributed by atoms with Gasteiger partial charge in [0.2, 0.25) is 11.8 Å². The van der Waals surface area contributed by atoms with Gasteiger partial charge in [0.05, 0.1) is 6.42 Å². The SMILES string of the molecule is CCC[C@@]1(C)C(=O)NCCN1C(=O)Cc1ccc(O)cc1. The van der Waals surface area contributed by atoms with E-state index in [0.717, 1.165) is 12.0 Å². The molecule has 2 N–H and O–H groups in total. The number of carbonyl (C=O) groups is 2. The molecule has 1 saturated heterocycles. The summed E-state index contributed by atoms with van der Waals surface area (Å²) in [6.07, 6.45) is 1.74. The summed E-state index contributed by atoms with van der Waals surface area (Å²) in [6.45, 7) is 4.88. The molecule has 1 aromatic rings. The van der Waals surface area contributed by atoms with E-state index in [4.69, 9.17) is 0 Å². The number of hydrogen-bond acceptors (Lipinski definition) is 3. The smallest absolute Gasteiger partial charge is 0.245 e. The fourth-order valence-corrected chi connectivity index (χ4v) is 2.86. The number of amides is 2. The molecule has 2 rings (SSSR count). The third-order valence-corrected chi connectivity index (χ3v) is 4.04. The van der Waals surface area contributed by atoms with Crippen LogP contribution in [0.15, 0.2) is 24.3 Å². The fraction of sp³-hybridized carbons (Fsp3) is 0.500. The topological polar surface area (TPSA) is 69.6 Å². The molecule has 1 aliphatic rings. The molecule has 1 atom stereocenters. The van der Waals surface area contributed by atoms with Crippen molar-refractivity contribution in [3.8, 4) is 5.75 Å². The molecule has 114 valence electrons. The lowest BCUT2D eigenvalue weighted by Crippen LogP contribution is -2.65. The van der Waals surface area contributed by atoms with Crippen LogP contribution >= 0.6 is 0 Å². The third-order valence-electron chi connectivity index (χ3n) is 4.04. The minimum absolute atomic E-state index is 0.0495. The maximum atomic E-state index is 12.6. The van der Waals surface area contributed by atoms with Crippen molar-refractivity contribution < 1.29 is 14.7 Å². The van der Waals surface area contributed by atoms with Crippen LogP contribution in [-0.2, 0) is 16.0 Å². The standard InChI is InChI=1S/C16H22N2O3/c1-3-8-16(2)15(21)17-9-10-18(16)14(20)11-12-4-6-13(19)7-5-12/h4-7,19H,3,8-11H2,1-2H3,(H,17,21)/t16-/m0/s1. The van der Waals surface area contributed by atoms with Crippen LogP contribution in [0.25, 0.3) is 0 Å². The summed E-state index contributed by atoms with van der Waals surface area (Å²) in [5.74, 6) is 0.0560. The van der Waals surface area contributed by atoms with E-state index in [9.17, 15) is 14.7 Å². The summed E-state index contributed by atoms with van der Waals surface area (Å²) in [4.78, 5) is 26.4. The van der Waals surface area contributed by atoms with E-state index >= 15 is 0 Å². The molecule has 0 saturated carbocycles. The number of phenolic OH excluding ortho intramolecular Hbond substituents is 1. The fourth-order valence-electron chi connectivity index (χ4n) is 2.86. The van der Waals surface area contributed by atoms with Gasteiger partial charge in [-0.3, -0.25) is 9.59 Å². The van der Waals surface area contributed by atoms with E-state index in [0.29, 0.717) is 19.5 Å². The molecule has 21 heavy (non-hydrogen) atoms. The summed E-state index contributed by atoms with van der Waals surface area (Å²) in [5, 5.41) is 12.1. The second-order valence-electron chi connectivity index (χ2n) is 5.67. The van der Waals surface area contributed by atoms with Crippen molar-refractivity contribution in [1.82, 2.24) is 10.2 Å². The minimum Gasteiger partial charge on any atom is -0.508 e. The minimum atomic E-state index is -0.763. The lowest BCUT2D eigenvalue weighted by atomic mass is 9.90. The number of piperazine rings is 1. The molecule has 0 bridgehead atoms. The van der Waals surface area contributed by atoms with Crippen LogP contribution in [0.2, 0.25) is 0 Å². The van der Waals surface area contributed by atoms with E-state index in [1.54, 1.807) is 29.2 Å². The van der Waals surface area contributed by atoms with Crippen molar-refractivity contribution in [3.63, 3.8) is 0 Å². The van der Waals surface area contributed by atoms with Gasteiger partial charge >= 0.3 is 0 Å². The summed E-state index contributed by atoms with van der Waals surface area (Å²) < 4.78 is 0. The van der Waals surface area contributed by atoms with Crippen LogP contribution in [0.3, 0.4) is 0 Å². The highest BCUT2D eigenvalue weighted by Crippen LogP contribution is 2.25. The Bertz CT molecular complexity index is 527. The predicted octanol–water partition coefficient (Wildman–Crippen LogP) is 1.45. The Balaban J connectivity index is 2.15. The molecule has 0 spiro atoms. The van der Waals surface area contributed by atoms with Crippen molar-refractivity contribution >= 4 is 11.8 Å². The molecule has 5 nitrogen and oxygen atoms in total. The quantitative estimate of drug-likeness (QED) is 0.882. The summed E-state index contributed by atoms with van der Waals surface area (Å²) in [7, 11) is 0. The Kier molecular flexibility index (Phi) is 4.50. The van der Waals surface area contributed by atoms with E-state index in [-0.39, 0.29) is 24.0 Å². The van der Waals surface area contributed by atoms with Crippen molar-refractivity contribution in [1.29, 1.82) is 0 Å². The van der Waals surface area contributed by atoms with Crippen LogP contribution in [-0.4, -0.2) is 40.4 Å². The van der Waals surface area contributed by atoms with Crippen LogP contribution in [0.1, 0.15) is 32.3 Å². The number of aromatic hydroxyl groups is 1. The second-order valence-corrected chi connectivity index (χ2v) is 5.67. The number of phenols is 1. The number of nitrogens with one attached hydrogen (secondary N) is 1. The van der Waals surface area contributed by atoms with Crippen molar-refractivity contribution in [3.05, 3.63) is 29.8 Å². The predicted molar refractivity (Wildman–Crippen MR) is 79.8 cm³/mol. The van der Waals surface area contributed by atoms with Crippen LogP contribution in [0.5, 0.6) is 5.75 Å². The molecule has 1 aliphatic heterocycles. The monoisotopic (exact) mass is 290 g/mol. The third kappa shape index (κ3) is 3.17. The molecular formula is C16H22N2O3. The maximum Gasteiger partial charge on any atom is 0.245 e. The van der Waals surface area contributed by atoms with Gasteiger partial charge in [-0.1, -0.05) is 25.5 Å².